The zero-order valence-electron chi connectivity index (χ0n) is 19.6. The predicted octanol–water partition coefficient (Wildman–Crippen LogP) is 1.47. The van der Waals surface area contributed by atoms with Crippen molar-refractivity contribution in [2.24, 2.45) is 13.0 Å². The van der Waals surface area contributed by atoms with Gasteiger partial charge in [-0.05, 0) is 43.9 Å². The Hall–Kier alpha value is -2.86. The number of carbonyl (C=O) groups is 2. The number of nitrogens with zero attached hydrogens (tertiary/aromatic N) is 3. The van der Waals surface area contributed by atoms with Crippen molar-refractivity contribution in [3.05, 3.63) is 23.8 Å². The number of hydrogen-bond donors (Lipinski definition) is 4. The van der Waals surface area contributed by atoms with E-state index in [-0.39, 0.29) is 49.3 Å². The summed E-state index contributed by atoms with van der Waals surface area (Å²) in [5.41, 5.74) is -0.226. The van der Waals surface area contributed by atoms with Gasteiger partial charge in [0.1, 0.15) is 0 Å². The van der Waals surface area contributed by atoms with Gasteiger partial charge >= 0.3 is 6.18 Å². The molecule has 12 heteroatoms. The maximum atomic E-state index is 13.1. The third-order valence-corrected chi connectivity index (χ3v) is 6.86. The van der Waals surface area contributed by atoms with E-state index >= 15 is 0 Å². The van der Waals surface area contributed by atoms with Crippen molar-refractivity contribution in [3.63, 3.8) is 0 Å². The monoisotopic (exact) mass is 496 g/mol. The number of likely N-dealkylation sites (tertiary alicyclic amines) is 1. The maximum absolute atomic E-state index is 13.1. The molecule has 4 rings (SSSR count). The summed E-state index contributed by atoms with van der Waals surface area (Å²) in [4.78, 5) is 26.8. The smallest absolute Gasteiger partial charge is 0.395 e. The first-order valence-corrected chi connectivity index (χ1v) is 11.9. The zero-order valence-corrected chi connectivity index (χ0v) is 19.6. The molecule has 1 aromatic carbocycles. The summed E-state index contributed by atoms with van der Waals surface area (Å²) in [6.45, 7) is 1.60. The Morgan fingerprint density at radius 1 is 1.17 bits per heavy atom. The van der Waals surface area contributed by atoms with Crippen LogP contribution in [0.5, 0.6) is 0 Å². The van der Waals surface area contributed by atoms with Crippen LogP contribution in [0, 0.1) is 5.92 Å². The standard InChI is InChI=1S/C23H31F3N6O3/c1-31-19-7-4-15(23(24,25)26)10-18(19)21(30-31)28-11-20(34)29-16-12-32(13-16)17-5-2-14(3-6-17)22(35)27-8-9-33/h4,7,10,14,16-17,33H,2-3,5-6,8-9,11-13H2,1H3,(H,27,35)(H,28,30)(H,29,34). The van der Waals surface area contributed by atoms with Crippen LogP contribution >= 0.6 is 0 Å². The van der Waals surface area contributed by atoms with E-state index in [9.17, 15) is 22.8 Å². The second-order valence-corrected chi connectivity index (χ2v) is 9.29. The summed E-state index contributed by atoms with van der Waals surface area (Å²) < 4.78 is 40.7. The number of nitrogens with one attached hydrogen (secondary N) is 3. The Morgan fingerprint density at radius 3 is 2.54 bits per heavy atom. The normalized spacial score (nSPS) is 21.5. The number of anilines is 1. The molecule has 1 aromatic heterocycles. The van der Waals surface area contributed by atoms with Crippen LogP contribution in [-0.2, 0) is 22.8 Å². The van der Waals surface area contributed by atoms with Gasteiger partial charge in [-0.15, -0.1) is 0 Å². The van der Waals surface area contributed by atoms with E-state index < -0.39 is 11.7 Å². The molecule has 4 N–H and O–H groups in total. The van der Waals surface area contributed by atoms with Gasteiger partial charge in [0.15, 0.2) is 5.82 Å². The average Bonchev–Trinajstić information content (AvgIpc) is 3.12. The van der Waals surface area contributed by atoms with Crippen LogP contribution in [-0.4, -0.2) is 76.5 Å². The fourth-order valence-corrected chi connectivity index (χ4v) is 4.94. The summed E-state index contributed by atoms with van der Waals surface area (Å²) >= 11 is 0. The van der Waals surface area contributed by atoms with Gasteiger partial charge in [-0.3, -0.25) is 19.2 Å². The van der Waals surface area contributed by atoms with Gasteiger partial charge in [0.2, 0.25) is 11.8 Å². The number of carbonyl (C=O) groups excluding carboxylic acids is 2. The van der Waals surface area contributed by atoms with Crippen LogP contribution in [0.25, 0.3) is 10.9 Å². The van der Waals surface area contributed by atoms with Gasteiger partial charge in [0.05, 0.1) is 30.3 Å². The van der Waals surface area contributed by atoms with E-state index in [1.54, 1.807) is 7.05 Å². The molecule has 9 nitrogen and oxygen atoms in total. The first kappa shape index (κ1) is 25.2. The molecule has 1 aliphatic carbocycles. The third kappa shape index (κ3) is 5.87. The number of aromatic nitrogens is 2. The van der Waals surface area contributed by atoms with Crippen LogP contribution < -0.4 is 16.0 Å². The highest BCUT2D eigenvalue weighted by molar-refractivity contribution is 5.92. The Balaban J connectivity index is 1.21. The molecule has 2 aliphatic rings. The Labute approximate surface area is 201 Å². The highest BCUT2D eigenvalue weighted by Gasteiger charge is 2.36. The SMILES string of the molecule is Cn1nc(NCC(=O)NC2CN(C3CCC(C(=O)NCCO)CC3)C2)c2cc(C(F)(F)F)ccc21. The van der Waals surface area contributed by atoms with Crippen molar-refractivity contribution in [2.45, 2.75) is 43.9 Å². The number of hydrogen-bond acceptors (Lipinski definition) is 6. The minimum absolute atomic E-state index is 0.00413. The molecular weight excluding hydrogens is 465 g/mol. The molecule has 35 heavy (non-hydrogen) atoms. The van der Waals surface area contributed by atoms with Crippen molar-refractivity contribution in [1.82, 2.24) is 25.3 Å². The number of amides is 2. The van der Waals surface area contributed by atoms with Crippen molar-refractivity contribution in [3.8, 4) is 0 Å². The Morgan fingerprint density at radius 2 is 1.89 bits per heavy atom. The highest BCUT2D eigenvalue weighted by Crippen LogP contribution is 2.33. The second kappa shape index (κ2) is 10.4. The molecule has 0 radical (unpaired) electrons. The lowest BCUT2D eigenvalue weighted by Crippen LogP contribution is -2.63. The minimum Gasteiger partial charge on any atom is -0.395 e. The van der Waals surface area contributed by atoms with Gasteiger partial charge < -0.3 is 21.1 Å². The van der Waals surface area contributed by atoms with Gasteiger partial charge in [0, 0.05) is 44.0 Å². The fraction of sp³-hybridized carbons (Fsp3) is 0.609. The molecule has 0 bridgehead atoms. The van der Waals surface area contributed by atoms with Crippen molar-refractivity contribution < 1.29 is 27.9 Å². The number of halogens is 3. The van der Waals surface area contributed by atoms with E-state index in [0.29, 0.717) is 16.9 Å². The van der Waals surface area contributed by atoms with Crippen molar-refractivity contribution >= 4 is 28.5 Å². The largest absolute Gasteiger partial charge is 0.416 e. The van der Waals surface area contributed by atoms with Crippen molar-refractivity contribution in [1.29, 1.82) is 0 Å². The molecule has 1 saturated carbocycles. The number of benzene rings is 1. The Bertz CT molecular complexity index is 1060. The topological polar surface area (TPSA) is 112 Å². The van der Waals surface area contributed by atoms with Crippen LogP contribution in [0.15, 0.2) is 18.2 Å². The third-order valence-electron chi connectivity index (χ3n) is 6.86. The molecule has 1 saturated heterocycles. The lowest BCUT2D eigenvalue weighted by atomic mass is 9.83. The highest BCUT2D eigenvalue weighted by atomic mass is 19.4. The van der Waals surface area contributed by atoms with Crippen molar-refractivity contribution in [2.75, 3.05) is 38.1 Å². The molecule has 2 heterocycles. The average molecular weight is 497 g/mol. The zero-order chi connectivity index (χ0) is 25.2. The summed E-state index contributed by atoms with van der Waals surface area (Å²) in [7, 11) is 1.64. The Kier molecular flexibility index (Phi) is 7.50. The maximum Gasteiger partial charge on any atom is 0.416 e. The molecule has 0 spiro atoms. The summed E-state index contributed by atoms with van der Waals surface area (Å²) in [5, 5.41) is 21.9. The summed E-state index contributed by atoms with van der Waals surface area (Å²) in [6.07, 6.45) is -0.987. The molecule has 2 amide bonds. The first-order chi connectivity index (χ1) is 16.7. The number of aryl methyl sites for hydroxylation is 1. The molecule has 192 valence electrons. The van der Waals surface area contributed by atoms with Crippen LogP contribution in [0.2, 0.25) is 0 Å². The van der Waals surface area contributed by atoms with Gasteiger partial charge in [-0.2, -0.15) is 18.3 Å². The van der Waals surface area contributed by atoms with Crippen LogP contribution in [0.3, 0.4) is 0 Å². The quantitative estimate of drug-likeness (QED) is 0.441. The molecule has 2 aromatic rings. The molecule has 2 fully saturated rings. The van der Waals surface area contributed by atoms with Gasteiger partial charge in [-0.25, -0.2) is 0 Å². The molecular formula is C23H31F3N6O3. The number of alkyl halides is 3. The van der Waals surface area contributed by atoms with Crippen LogP contribution in [0.4, 0.5) is 19.0 Å². The van der Waals surface area contributed by atoms with Gasteiger partial charge in [-0.1, -0.05) is 0 Å². The minimum atomic E-state index is -4.46. The van der Waals surface area contributed by atoms with E-state index in [1.807, 2.05) is 0 Å². The summed E-state index contributed by atoms with van der Waals surface area (Å²) in [6, 6.07) is 3.84. The van der Waals surface area contributed by atoms with E-state index in [2.05, 4.69) is 25.9 Å². The molecule has 1 aliphatic heterocycles. The fourth-order valence-electron chi connectivity index (χ4n) is 4.94. The molecule has 0 atom stereocenters. The van der Waals surface area contributed by atoms with E-state index in [1.165, 1.54) is 10.7 Å². The van der Waals surface area contributed by atoms with Gasteiger partial charge in [0.25, 0.3) is 0 Å². The predicted molar refractivity (Wildman–Crippen MR) is 124 cm³/mol. The first-order valence-electron chi connectivity index (χ1n) is 11.9. The van der Waals surface area contributed by atoms with E-state index in [4.69, 9.17) is 5.11 Å². The molecule has 0 unspecified atom stereocenters. The summed E-state index contributed by atoms with van der Waals surface area (Å²) in [5.74, 6) is -0.00642. The number of rotatable bonds is 8. The number of aliphatic hydroxyl groups is 1. The lowest BCUT2D eigenvalue weighted by molar-refractivity contribution is -0.137. The van der Waals surface area contributed by atoms with E-state index in [0.717, 1.165) is 50.9 Å². The number of fused-ring (bicyclic) bond motifs is 1. The second-order valence-electron chi connectivity index (χ2n) is 9.29. The number of aliphatic hydroxyl groups excluding tert-OH is 1. The lowest BCUT2D eigenvalue weighted by Gasteiger charge is -2.46. The van der Waals surface area contributed by atoms with Crippen LogP contribution in [0.1, 0.15) is 31.2 Å².